The molecule has 2 rings (SSSR count). The molecule has 1 aromatic rings. The molecule has 3 nitrogen and oxygen atoms in total. The summed E-state index contributed by atoms with van der Waals surface area (Å²) in [5.74, 6) is 0.406. The molecule has 1 fully saturated rings. The topological polar surface area (TPSA) is 33.2 Å². The minimum Gasteiger partial charge on any atom is -0.309 e. The van der Waals surface area contributed by atoms with Crippen LogP contribution in [0.3, 0.4) is 0 Å². The summed E-state index contributed by atoms with van der Waals surface area (Å²) in [6, 6.07) is 4.13. The van der Waals surface area contributed by atoms with E-state index in [2.05, 4.69) is 30.0 Å². The Balaban J connectivity index is 2.27. The molecule has 0 radical (unpaired) electrons. The van der Waals surface area contributed by atoms with Crippen LogP contribution in [0.5, 0.6) is 0 Å². The average Bonchev–Trinajstić information content (AvgIpc) is 2.33. The van der Waals surface area contributed by atoms with Crippen LogP contribution < -0.4 is 0 Å². The van der Waals surface area contributed by atoms with E-state index in [1.807, 2.05) is 12.3 Å². The van der Waals surface area contributed by atoms with Gasteiger partial charge in [-0.25, -0.2) is 0 Å². The van der Waals surface area contributed by atoms with Gasteiger partial charge in [-0.15, -0.1) is 0 Å². The predicted molar refractivity (Wildman–Crippen MR) is 67.9 cm³/mol. The van der Waals surface area contributed by atoms with Gasteiger partial charge in [-0.3, -0.25) is 9.78 Å². The molecule has 0 spiro atoms. The lowest BCUT2D eigenvalue weighted by Crippen LogP contribution is -2.41. The summed E-state index contributed by atoms with van der Waals surface area (Å²) in [5.41, 5.74) is 1.40. The SMILES string of the molecule is CN(C)CC1(c2cccnc2)CCC(=O)CC1. The first-order valence-corrected chi connectivity index (χ1v) is 6.19. The number of carbonyl (C=O) groups is 1. The highest BCUT2D eigenvalue weighted by molar-refractivity contribution is 5.79. The number of pyridine rings is 1. The maximum Gasteiger partial charge on any atom is 0.132 e. The van der Waals surface area contributed by atoms with Crippen molar-refractivity contribution in [2.75, 3.05) is 20.6 Å². The van der Waals surface area contributed by atoms with Crippen LogP contribution in [-0.4, -0.2) is 36.3 Å². The summed E-state index contributed by atoms with van der Waals surface area (Å²) < 4.78 is 0. The molecule has 0 aliphatic heterocycles. The number of likely N-dealkylation sites (N-methyl/N-ethyl adjacent to an activating group) is 1. The highest BCUT2D eigenvalue weighted by Gasteiger charge is 2.36. The summed E-state index contributed by atoms with van der Waals surface area (Å²) in [4.78, 5) is 17.9. The van der Waals surface area contributed by atoms with Gasteiger partial charge in [0.25, 0.3) is 0 Å². The van der Waals surface area contributed by atoms with E-state index in [-0.39, 0.29) is 5.41 Å². The zero-order valence-corrected chi connectivity index (χ0v) is 10.6. The quantitative estimate of drug-likeness (QED) is 0.799. The Morgan fingerprint density at radius 3 is 2.59 bits per heavy atom. The normalized spacial score (nSPS) is 19.6. The van der Waals surface area contributed by atoms with Crippen LogP contribution in [0.1, 0.15) is 31.2 Å². The lowest BCUT2D eigenvalue weighted by Gasteiger charge is -2.39. The molecule has 0 saturated heterocycles. The number of hydrogen-bond acceptors (Lipinski definition) is 3. The molecule has 1 aliphatic rings. The number of nitrogens with zero attached hydrogens (tertiary/aromatic N) is 2. The van der Waals surface area contributed by atoms with Crippen molar-refractivity contribution in [3.05, 3.63) is 30.1 Å². The standard InChI is InChI=1S/C14H20N2O/c1-16(2)11-14(7-5-13(17)6-8-14)12-4-3-9-15-10-12/h3-4,9-10H,5-8,11H2,1-2H3. The Morgan fingerprint density at radius 1 is 1.35 bits per heavy atom. The lowest BCUT2D eigenvalue weighted by atomic mass is 9.69. The zero-order chi connectivity index (χ0) is 12.3. The summed E-state index contributed by atoms with van der Waals surface area (Å²) >= 11 is 0. The van der Waals surface area contributed by atoms with Crippen molar-refractivity contribution in [2.24, 2.45) is 0 Å². The fourth-order valence-electron chi connectivity index (χ4n) is 2.83. The lowest BCUT2D eigenvalue weighted by molar-refractivity contribution is -0.121. The maximum atomic E-state index is 11.4. The van der Waals surface area contributed by atoms with Crippen LogP contribution in [0.25, 0.3) is 0 Å². The monoisotopic (exact) mass is 232 g/mol. The molecular weight excluding hydrogens is 212 g/mol. The minimum atomic E-state index is 0.117. The molecule has 1 aromatic heterocycles. The molecule has 0 atom stereocenters. The van der Waals surface area contributed by atoms with Crippen LogP contribution in [0.4, 0.5) is 0 Å². The van der Waals surface area contributed by atoms with Crippen molar-refractivity contribution in [3.63, 3.8) is 0 Å². The predicted octanol–water partition coefficient (Wildman–Crippen LogP) is 2.02. The van der Waals surface area contributed by atoms with Gasteiger partial charge in [0.15, 0.2) is 0 Å². The second-order valence-electron chi connectivity index (χ2n) is 5.30. The summed E-state index contributed by atoms with van der Waals surface area (Å²) in [5, 5.41) is 0. The van der Waals surface area contributed by atoms with Crippen molar-refractivity contribution in [2.45, 2.75) is 31.1 Å². The first kappa shape index (κ1) is 12.2. The molecule has 0 amide bonds. The molecule has 0 bridgehead atoms. The van der Waals surface area contributed by atoms with Gasteiger partial charge in [-0.2, -0.15) is 0 Å². The van der Waals surface area contributed by atoms with E-state index in [9.17, 15) is 4.79 Å². The van der Waals surface area contributed by atoms with Crippen molar-refractivity contribution in [1.29, 1.82) is 0 Å². The first-order chi connectivity index (χ1) is 8.12. The number of carbonyl (C=O) groups excluding carboxylic acids is 1. The van der Waals surface area contributed by atoms with Crippen molar-refractivity contribution >= 4 is 5.78 Å². The molecule has 0 aromatic carbocycles. The number of aromatic nitrogens is 1. The highest BCUT2D eigenvalue weighted by Crippen LogP contribution is 2.38. The summed E-state index contributed by atoms with van der Waals surface area (Å²) in [7, 11) is 4.18. The Labute approximate surface area is 103 Å². The van der Waals surface area contributed by atoms with Crippen molar-refractivity contribution in [1.82, 2.24) is 9.88 Å². The van der Waals surface area contributed by atoms with E-state index < -0.39 is 0 Å². The van der Waals surface area contributed by atoms with E-state index in [4.69, 9.17) is 0 Å². The summed E-state index contributed by atoms with van der Waals surface area (Å²) in [6.45, 7) is 0.992. The molecule has 3 heteroatoms. The zero-order valence-electron chi connectivity index (χ0n) is 10.6. The van der Waals surface area contributed by atoms with Crippen LogP contribution in [-0.2, 0) is 10.2 Å². The van der Waals surface area contributed by atoms with Crippen LogP contribution in [0.2, 0.25) is 0 Å². The molecule has 1 heterocycles. The summed E-state index contributed by atoms with van der Waals surface area (Å²) in [6.07, 6.45) is 7.09. The van der Waals surface area contributed by atoms with Gasteiger partial charge in [0.1, 0.15) is 5.78 Å². The third-order valence-corrected chi connectivity index (χ3v) is 3.66. The van der Waals surface area contributed by atoms with Gasteiger partial charge in [0, 0.05) is 37.2 Å². The molecule has 92 valence electrons. The molecule has 1 saturated carbocycles. The highest BCUT2D eigenvalue weighted by atomic mass is 16.1. The van der Waals surface area contributed by atoms with E-state index >= 15 is 0 Å². The van der Waals surface area contributed by atoms with E-state index in [0.717, 1.165) is 19.4 Å². The molecular formula is C14H20N2O. The molecule has 0 N–H and O–H groups in total. The Morgan fingerprint density at radius 2 is 2.06 bits per heavy atom. The Bertz CT molecular complexity index is 376. The number of Topliss-reactive ketones (excluding diaryl/α,β-unsaturated/α-hetero) is 1. The van der Waals surface area contributed by atoms with E-state index in [1.54, 1.807) is 6.20 Å². The van der Waals surface area contributed by atoms with Gasteiger partial charge < -0.3 is 4.90 Å². The minimum absolute atomic E-state index is 0.117. The molecule has 0 unspecified atom stereocenters. The molecule has 17 heavy (non-hydrogen) atoms. The second-order valence-corrected chi connectivity index (χ2v) is 5.30. The van der Waals surface area contributed by atoms with E-state index in [1.165, 1.54) is 5.56 Å². The Kier molecular flexibility index (Phi) is 3.57. The van der Waals surface area contributed by atoms with Gasteiger partial charge in [0.2, 0.25) is 0 Å². The van der Waals surface area contributed by atoms with Gasteiger partial charge >= 0.3 is 0 Å². The number of rotatable bonds is 3. The van der Waals surface area contributed by atoms with Crippen molar-refractivity contribution in [3.8, 4) is 0 Å². The number of hydrogen-bond donors (Lipinski definition) is 0. The van der Waals surface area contributed by atoms with Crippen LogP contribution >= 0.6 is 0 Å². The smallest absolute Gasteiger partial charge is 0.132 e. The third kappa shape index (κ3) is 2.72. The average molecular weight is 232 g/mol. The van der Waals surface area contributed by atoms with Gasteiger partial charge in [-0.05, 0) is 38.6 Å². The molecule has 1 aliphatic carbocycles. The second kappa shape index (κ2) is 4.96. The largest absolute Gasteiger partial charge is 0.309 e. The van der Waals surface area contributed by atoms with Crippen molar-refractivity contribution < 1.29 is 4.79 Å². The third-order valence-electron chi connectivity index (χ3n) is 3.66. The van der Waals surface area contributed by atoms with Crippen LogP contribution in [0, 0.1) is 0 Å². The Hall–Kier alpha value is -1.22. The van der Waals surface area contributed by atoms with Gasteiger partial charge in [-0.1, -0.05) is 6.07 Å². The van der Waals surface area contributed by atoms with E-state index in [0.29, 0.717) is 18.6 Å². The number of ketones is 1. The fraction of sp³-hybridized carbons (Fsp3) is 0.571. The maximum absolute atomic E-state index is 11.4. The van der Waals surface area contributed by atoms with Gasteiger partial charge in [0.05, 0.1) is 0 Å². The first-order valence-electron chi connectivity index (χ1n) is 6.19. The fourth-order valence-corrected chi connectivity index (χ4v) is 2.83. The van der Waals surface area contributed by atoms with Crippen LogP contribution in [0.15, 0.2) is 24.5 Å².